The molecular weight excluding hydrogens is 415 g/mol. The lowest BCUT2D eigenvalue weighted by molar-refractivity contribution is 0.00393. The van der Waals surface area contributed by atoms with Crippen LogP contribution in [-0.2, 0) is 4.74 Å². The number of nitrogens with zero attached hydrogens (tertiary/aromatic N) is 4. The van der Waals surface area contributed by atoms with Gasteiger partial charge in [-0.15, -0.1) is 0 Å². The average Bonchev–Trinajstić information content (AvgIpc) is 2.80. The highest BCUT2D eigenvalue weighted by Crippen LogP contribution is 2.38. The third-order valence-electron chi connectivity index (χ3n) is 6.47. The minimum atomic E-state index is -0.281. The summed E-state index contributed by atoms with van der Waals surface area (Å²) in [6.45, 7) is 8.46. The molecule has 0 bridgehead atoms. The molecule has 2 atom stereocenters. The van der Waals surface area contributed by atoms with Crippen LogP contribution in [0, 0.1) is 33.5 Å². The highest BCUT2D eigenvalue weighted by molar-refractivity contribution is 5.91. The molecule has 5 rings (SSSR count). The first-order valence-corrected chi connectivity index (χ1v) is 11.4. The summed E-state index contributed by atoms with van der Waals surface area (Å²) in [4.78, 5) is 18.8. The molecule has 1 aromatic carbocycles. The molecule has 4 aromatic rings. The standard InChI is InChI=1S/C27H27FN4O/c1-15-5-6-21(23(28)11-15)25-22-12-16(2)18(4)30-27(22)32-26(31-25)20-8-10-33-24(14-20)19-7-9-29-17(3)13-19/h5-7,9,11-13,20,24H,8,10,14H2,1-4H3. The fourth-order valence-electron chi connectivity index (χ4n) is 4.49. The summed E-state index contributed by atoms with van der Waals surface area (Å²) in [5.74, 6) is 0.515. The molecular formula is C27H27FN4O. The summed E-state index contributed by atoms with van der Waals surface area (Å²) in [7, 11) is 0. The van der Waals surface area contributed by atoms with Crippen LogP contribution in [0.1, 0.15) is 58.8 Å². The Labute approximate surface area is 193 Å². The molecule has 0 spiro atoms. The van der Waals surface area contributed by atoms with Gasteiger partial charge in [-0.3, -0.25) is 4.98 Å². The minimum absolute atomic E-state index is 0.0444. The largest absolute Gasteiger partial charge is 0.373 e. The van der Waals surface area contributed by atoms with E-state index >= 15 is 4.39 Å². The number of benzene rings is 1. The summed E-state index contributed by atoms with van der Waals surface area (Å²) in [5.41, 5.74) is 6.60. The maximum absolute atomic E-state index is 15.0. The van der Waals surface area contributed by atoms with Crippen molar-refractivity contribution in [3.63, 3.8) is 0 Å². The number of aromatic nitrogens is 4. The molecule has 5 nitrogen and oxygen atoms in total. The molecule has 0 N–H and O–H groups in total. The molecule has 1 saturated heterocycles. The quantitative estimate of drug-likeness (QED) is 0.384. The number of ether oxygens (including phenoxy) is 1. The smallest absolute Gasteiger partial charge is 0.163 e. The molecule has 0 amide bonds. The van der Waals surface area contributed by atoms with E-state index in [1.54, 1.807) is 12.1 Å². The molecule has 1 aliphatic heterocycles. The number of hydrogen-bond donors (Lipinski definition) is 0. The van der Waals surface area contributed by atoms with Crippen LogP contribution in [-0.4, -0.2) is 26.5 Å². The predicted molar refractivity (Wildman–Crippen MR) is 127 cm³/mol. The van der Waals surface area contributed by atoms with E-state index in [4.69, 9.17) is 19.7 Å². The number of pyridine rings is 2. The summed E-state index contributed by atoms with van der Waals surface area (Å²) >= 11 is 0. The van der Waals surface area contributed by atoms with Crippen LogP contribution in [0.2, 0.25) is 0 Å². The molecule has 33 heavy (non-hydrogen) atoms. The molecule has 0 radical (unpaired) electrons. The molecule has 4 heterocycles. The van der Waals surface area contributed by atoms with Crippen molar-refractivity contribution >= 4 is 11.0 Å². The normalized spacial score (nSPS) is 18.6. The van der Waals surface area contributed by atoms with Gasteiger partial charge in [0.15, 0.2) is 5.65 Å². The van der Waals surface area contributed by atoms with Crippen LogP contribution in [0.25, 0.3) is 22.3 Å². The van der Waals surface area contributed by atoms with Crippen LogP contribution >= 0.6 is 0 Å². The van der Waals surface area contributed by atoms with E-state index in [2.05, 4.69) is 11.1 Å². The zero-order valence-corrected chi connectivity index (χ0v) is 19.4. The van der Waals surface area contributed by atoms with E-state index in [1.807, 2.05) is 52.1 Å². The first-order chi connectivity index (χ1) is 15.9. The van der Waals surface area contributed by atoms with Gasteiger partial charge in [0.25, 0.3) is 0 Å². The van der Waals surface area contributed by atoms with Gasteiger partial charge < -0.3 is 4.74 Å². The molecule has 168 valence electrons. The Kier molecular flexibility index (Phi) is 5.62. The lowest BCUT2D eigenvalue weighted by atomic mass is 9.91. The van der Waals surface area contributed by atoms with Crippen LogP contribution < -0.4 is 0 Å². The maximum atomic E-state index is 15.0. The lowest BCUT2D eigenvalue weighted by Crippen LogP contribution is -2.21. The highest BCUT2D eigenvalue weighted by Gasteiger charge is 2.28. The third-order valence-corrected chi connectivity index (χ3v) is 6.47. The zero-order valence-electron chi connectivity index (χ0n) is 19.4. The van der Waals surface area contributed by atoms with E-state index in [0.29, 0.717) is 29.3 Å². The summed E-state index contributed by atoms with van der Waals surface area (Å²) < 4.78 is 21.1. The number of hydrogen-bond acceptors (Lipinski definition) is 5. The van der Waals surface area contributed by atoms with Crippen molar-refractivity contribution in [1.82, 2.24) is 19.9 Å². The van der Waals surface area contributed by atoms with E-state index < -0.39 is 0 Å². The van der Waals surface area contributed by atoms with Crippen LogP contribution in [0.5, 0.6) is 0 Å². The van der Waals surface area contributed by atoms with Gasteiger partial charge in [0.2, 0.25) is 0 Å². The zero-order chi connectivity index (χ0) is 23.1. The Morgan fingerprint density at radius 1 is 0.970 bits per heavy atom. The van der Waals surface area contributed by atoms with Crippen molar-refractivity contribution in [3.8, 4) is 11.3 Å². The summed E-state index contributed by atoms with van der Waals surface area (Å²) in [6.07, 6.45) is 3.34. The number of halogens is 1. The number of aryl methyl sites for hydroxylation is 4. The first-order valence-electron chi connectivity index (χ1n) is 11.4. The van der Waals surface area contributed by atoms with Crippen LogP contribution in [0.3, 0.4) is 0 Å². The Hall–Kier alpha value is -3.25. The molecule has 6 heteroatoms. The number of fused-ring (bicyclic) bond motifs is 1. The van der Waals surface area contributed by atoms with Gasteiger partial charge in [0.1, 0.15) is 11.6 Å². The van der Waals surface area contributed by atoms with Crippen LogP contribution in [0.4, 0.5) is 4.39 Å². The van der Waals surface area contributed by atoms with Gasteiger partial charge in [0.05, 0.1) is 11.8 Å². The van der Waals surface area contributed by atoms with Gasteiger partial charge in [-0.1, -0.05) is 6.07 Å². The van der Waals surface area contributed by atoms with Crippen molar-refractivity contribution < 1.29 is 9.13 Å². The molecule has 0 saturated carbocycles. The van der Waals surface area contributed by atoms with Gasteiger partial charge in [-0.25, -0.2) is 19.3 Å². The molecule has 3 aromatic heterocycles. The van der Waals surface area contributed by atoms with Crippen molar-refractivity contribution in [3.05, 3.63) is 82.3 Å². The van der Waals surface area contributed by atoms with E-state index in [-0.39, 0.29) is 17.8 Å². The monoisotopic (exact) mass is 442 g/mol. The van der Waals surface area contributed by atoms with Crippen molar-refractivity contribution in [2.75, 3.05) is 6.61 Å². The number of rotatable bonds is 3. The van der Waals surface area contributed by atoms with Gasteiger partial charge >= 0.3 is 0 Å². The van der Waals surface area contributed by atoms with E-state index in [9.17, 15) is 0 Å². The fourth-order valence-corrected chi connectivity index (χ4v) is 4.49. The van der Waals surface area contributed by atoms with Gasteiger partial charge in [-0.2, -0.15) is 0 Å². The summed E-state index contributed by atoms with van der Waals surface area (Å²) in [5, 5.41) is 0.776. The average molecular weight is 443 g/mol. The predicted octanol–water partition coefficient (Wildman–Crippen LogP) is 6.09. The van der Waals surface area contributed by atoms with Gasteiger partial charge in [0, 0.05) is 41.1 Å². The minimum Gasteiger partial charge on any atom is -0.373 e. The fraction of sp³-hybridized carbons (Fsp3) is 0.333. The molecule has 0 aliphatic carbocycles. The van der Waals surface area contributed by atoms with Crippen molar-refractivity contribution in [2.24, 2.45) is 0 Å². The highest BCUT2D eigenvalue weighted by atomic mass is 19.1. The Morgan fingerprint density at radius 3 is 2.61 bits per heavy atom. The van der Waals surface area contributed by atoms with Crippen molar-refractivity contribution in [2.45, 2.75) is 52.6 Å². The van der Waals surface area contributed by atoms with E-state index in [1.165, 1.54) is 0 Å². The summed E-state index contributed by atoms with van der Waals surface area (Å²) in [6, 6.07) is 11.3. The second-order valence-electron chi connectivity index (χ2n) is 8.99. The first kappa shape index (κ1) is 21.6. The van der Waals surface area contributed by atoms with Crippen molar-refractivity contribution in [1.29, 1.82) is 0 Å². The molecule has 1 aliphatic rings. The maximum Gasteiger partial charge on any atom is 0.163 e. The Morgan fingerprint density at radius 2 is 1.82 bits per heavy atom. The second-order valence-corrected chi connectivity index (χ2v) is 8.99. The Balaban J connectivity index is 1.62. The van der Waals surface area contributed by atoms with Gasteiger partial charge in [-0.05, 0) is 87.6 Å². The lowest BCUT2D eigenvalue weighted by Gasteiger charge is -2.29. The third kappa shape index (κ3) is 4.23. The van der Waals surface area contributed by atoms with E-state index in [0.717, 1.165) is 46.3 Å². The van der Waals surface area contributed by atoms with Crippen LogP contribution in [0.15, 0.2) is 42.6 Å². The Bertz CT molecular complexity index is 1350. The molecule has 2 unspecified atom stereocenters. The SMILES string of the molecule is Cc1ccc(-c2nc(C3CCOC(c4ccnc(C)c4)C3)nc3nc(C)c(C)cc23)c(F)c1. The topological polar surface area (TPSA) is 60.8 Å². The molecule has 1 fully saturated rings. The second kappa shape index (κ2) is 8.60.